The molecule has 0 saturated heterocycles. The van der Waals surface area contributed by atoms with E-state index in [2.05, 4.69) is 0 Å². The zero-order valence-corrected chi connectivity index (χ0v) is 6.86. The van der Waals surface area contributed by atoms with Crippen LogP contribution in [0.15, 0.2) is 0 Å². The summed E-state index contributed by atoms with van der Waals surface area (Å²) in [5.74, 6) is 0.151. The molecule has 0 unspecified atom stereocenters. The summed E-state index contributed by atoms with van der Waals surface area (Å²) < 4.78 is 4.81. The Balaban J connectivity index is 2.26. The second-order valence-corrected chi connectivity index (χ2v) is 3.11. The van der Waals surface area contributed by atoms with Crippen LogP contribution >= 0.6 is 0 Å². The molecule has 0 aromatic rings. The number of amides is 1. The predicted octanol–water partition coefficient (Wildman–Crippen LogP) is 0.839. The molecule has 1 rings (SSSR count). The third-order valence-electron chi connectivity index (χ3n) is 2.19. The summed E-state index contributed by atoms with van der Waals surface area (Å²) in [6.45, 7) is 0. The van der Waals surface area contributed by atoms with Crippen molar-refractivity contribution in [3.63, 3.8) is 0 Å². The van der Waals surface area contributed by atoms with Crippen molar-refractivity contribution in [1.29, 1.82) is 0 Å². The van der Waals surface area contributed by atoms with E-state index in [-0.39, 0.29) is 12.0 Å². The lowest BCUT2D eigenvalue weighted by atomic mass is 9.88. The molecule has 68 valence electrons. The standard InChI is InChI=1S/C8H13NO3/c9-8(11)12-7-3-1-6(5-10)2-4-7/h5-7H,1-4H2,(H2,9,11)/t6-,7+. The lowest BCUT2D eigenvalue weighted by Gasteiger charge is -2.24. The summed E-state index contributed by atoms with van der Waals surface area (Å²) >= 11 is 0. The molecule has 0 radical (unpaired) electrons. The van der Waals surface area contributed by atoms with E-state index < -0.39 is 6.09 Å². The van der Waals surface area contributed by atoms with Gasteiger partial charge in [-0.1, -0.05) is 0 Å². The second kappa shape index (κ2) is 4.09. The molecule has 12 heavy (non-hydrogen) atoms. The molecule has 2 N–H and O–H groups in total. The molecule has 0 heterocycles. The number of primary amides is 1. The molecule has 0 spiro atoms. The SMILES string of the molecule is NC(=O)O[C@H]1CC[C@@H](C=O)CC1. The van der Waals surface area contributed by atoms with Gasteiger partial charge < -0.3 is 15.3 Å². The maximum atomic E-state index is 10.4. The van der Waals surface area contributed by atoms with Gasteiger partial charge in [-0.05, 0) is 25.7 Å². The molecular weight excluding hydrogens is 158 g/mol. The van der Waals surface area contributed by atoms with Crippen LogP contribution < -0.4 is 5.73 Å². The molecule has 4 heteroatoms. The molecule has 4 nitrogen and oxygen atoms in total. The third-order valence-corrected chi connectivity index (χ3v) is 2.19. The molecule has 0 aliphatic heterocycles. The Kier molecular flexibility index (Phi) is 3.08. The Morgan fingerprint density at radius 3 is 2.33 bits per heavy atom. The highest BCUT2D eigenvalue weighted by Gasteiger charge is 2.22. The van der Waals surface area contributed by atoms with Gasteiger partial charge >= 0.3 is 6.09 Å². The van der Waals surface area contributed by atoms with E-state index in [1.165, 1.54) is 0 Å². The lowest BCUT2D eigenvalue weighted by molar-refractivity contribution is -0.112. The van der Waals surface area contributed by atoms with E-state index in [1.54, 1.807) is 0 Å². The van der Waals surface area contributed by atoms with Gasteiger partial charge in [0.05, 0.1) is 0 Å². The molecule has 1 saturated carbocycles. The van der Waals surface area contributed by atoms with Gasteiger partial charge in [-0.3, -0.25) is 0 Å². The predicted molar refractivity (Wildman–Crippen MR) is 42.5 cm³/mol. The van der Waals surface area contributed by atoms with Gasteiger partial charge in [0.15, 0.2) is 0 Å². The van der Waals surface area contributed by atoms with Gasteiger partial charge in [-0.2, -0.15) is 0 Å². The highest BCUT2D eigenvalue weighted by Crippen LogP contribution is 2.24. The largest absolute Gasteiger partial charge is 0.446 e. The van der Waals surface area contributed by atoms with E-state index in [0.717, 1.165) is 32.0 Å². The van der Waals surface area contributed by atoms with E-state index in [9.17, 15) is 9.59 Å². The van der Waals surface area contributed by atoms with E-state index in [1.807, 2.05) is 0 Å². The van der Waals surface area contributed by atoms with Crippen molar-refractivity contribution in [2.45, 2.75) is 31.8 Å². The molecule has 1 aliphatic carbocycles. The number of carbonyl (C=O) groups excluding carboxylic acids is 2. The fourth-order valence-corrected chi connectivity index (χ4v) is 1.51. The van der Waals surface area contributed by atoms with Crippen molar-refractivity contribution in [2.24, 2.45) is 11.7 Å². The normalized spacial score (nSPS) is 29.3. The number of hydrogen-bond acceptors (Lipinski definition) is 3. The average molecular weight is 171 g/mol. The first-order chi connectivity index (χ1) is 5.72. The van der Waals surface area contributed by atoms with Crippen LogP contribution in [-0.4, -0.2) is 18.5 Å². The Morgan fingerprint density at radius 1 is 1.33 bits per heavy atom. The minimum atomic E-state index is -0.718. The first-order valence-corrected chi connectivity index (χ1v) is 4.13. The number of ether oxygens (including phenoxy) is 1. The Labute approximate surface area is 71.1 Å². The summed E-state index contributed by atoms with van der Waals surface area (Å²) in [5, 5.41) is 0. The summed E-state index contributed by atoms with van der Waals surface area (Å²) in [6, 6.07) is 0. The Hall–Kier alpha value is -1.06. The third kappa shape index (κ3) is 2.53. The molecular formula is C8H13NO3. The van der Waals surface area contributed by atoms with Crippen molar-refractivity contribution in [1.82, 2.24) is 0 Å². The summed E-state index contributed by atoms with van der Waals surface area (Å²) in [4.78, 5) is 20.7. The number of rotatable bonds is 2. The molecule has 0 aromatic carbocycles. The van der Waals surface area contributed by atoms with Crippen molar-refractivity contribution in [3.8, 4) is 0 Å². The molecule has 1 amide bonds. The topological polar surface area (TPSA) is 69.4 Å². The van der Waals surface area contributed by atoms with Crippen LogP contribution in [-0.2, 0) is 9.53 Å². The summed E-state index contributed by atoms with van der Waals surface area (Å²) in [7, 11) is 0. The second-order valence-electron chi connectivity index (χ2n) is 3.11. The van der Waals surface area contributed by atoms with Crippen molar-refractivity contribution >= 4 is 12.4 Å². The molecule has 0 aromatic heterocycles. The first-order valence-electron chi connectivity index (χ1n) is 4.13. The van der Waals surface area contributed by atoms with Gasteiger partial charge in [0.25, 0.3) is 0 Å². The van der Waals surface area contributed by atoms with Crippen LogP contribution in [0.3, 0.4) is 0 Å². The van der Waals surface area contributed by atoms with Crippen LogP contribution in [0.1, 0.15) is 25.7 Å². The number of aldehydes is 1. The van der Waals surface area contributed by atoms with Crippen LogP contribution in [0.5, 0.6) is 0 Å². The summed E-state index contributed by atoms with van der Waals surface area (Å²) in [5.41, 5.74) is 4.86. The van der Waals surface area contributed by atoms with E-state index in [0.29, 0.717) is 0 Å². The van der Waals surface area contributed by atoms with Crippen molar-refractivity contribution < 1.29 is 14.3 Å². The highest BCUT2D eigenvalue weighted by atomic mass is 16.6. The minimum Gasteiger partial charge on any atom is -0.446 e. The van der Waals surface area contributed by atoms with Gasteiger partial charge in [-0.15, -0.1) is 0 Å². The maximum Gasteiger partial charge on any atom is 0.404 e. The zero-order valence-electron chi connectivity index (χ0n) is 6.86. The van der Waals surface area contributed by atoms with Crippen LogP contribution in [0.25, 0.3) is 0 Å². The van der Waals surface area contributed by atoms with Crippen molar-refractivity contribution in [2.75, 3.05) is 0 Å². The maximum absolute atomic E-state index is 10.4. The van der Waals surface area contributed by atoms with Crippen molar-refractivity contribution in [3.05, 3.63) is 0 Å². The fourth-order valence-electron chi connectivity index (χ4n) is 1.51. The Bertz CT molecular complexity index is 173. The zero-order chi connectivity index (χ0) is 8.97. The molecule has 0 atom stereocenters. The highest BCUT2D eigenvalue weighted by molar-refractivity contribution is 5.64. The molecule has 1 aliphatic rings. The number of carbonyl (C=O) groups is 2. The van der Waals surface area contributed by atoms with E-state index in [4.69, 9.17) is 10.5 Å². The summed E-state index contributed by atoms with van der Waals surface area (Å²) in [6.07, 6.45) is 3.31. The van der Waals surface area contributed by atoms with Crippen LogP contribution in [0.4, 0.5) is 4.79 Å². The van der Waals surface area contributed by atoms with E-state index >= 15 is 0 Å². The van der Waals surface area contributed by atoms with Gasteiger partial charge in [0, 0.05) is 5.92 Å². The van der Waals surface area contributed by atoms with Gasteiger partial charge in [0.1, 0.15) is 12.4 Å². The van der Waals surface area contributed by atoms with Gasteiger partial charge in [0.2, 0.25) is 0 Å². The quantitative estimate of drug-likeness (QED) is 0.626. The average Bonchev–Trinajstić information content (AvgIpc) is 2.05. The minimum absolute atomic E-state index is 0.0706. The molecule has 1 fully saturated rings. The van der Waals surface area contributed by atoms with Gasteiger partial charge in [-0.25, -0.2) is 4.79 Å². The van der Waals surface area contributed by atoms with Crippen LogP contribution in [0, 0.1) is 5.92 Å². The number of nitrogens with two attached hydrogens (primary N) is 1. The fraction of sp³-hybridized carbons (Fsp3) is 0.750. The van der Waals surface area contributed by atoms with Crippen LogP contribution in [0.2, 0.25) is 0 Å². The Morgan fingerprint density at radius 2 is 1.92 bits per heavy atom. The first kappa shape index (κ1) is 9.03. The smallest absolute Gasteiger partial charge is 0.404 e. The monoisotopic (exact) mass is 171 g/mol. The number of hydrogen-bond donors (Lipinski definition) is 1. The lowest BCUT2D eigenvalue weighted by Crippen LogP contribution is -2.27. The molecule has 0 bridgehead atoms.